The zero-order valence-corrected chi connectivity index (χ0v) is 12.5. The average Bonchev–Trinajstić information content (AvgIpc) is 2.54. The van der Waals surface area contributed by atoms with Crippen LogP contribution in [-0.4, -0.2) is 38.5 Å². The van der Waals surface area contributed by atoms with Crippen LogP contribution in [0, 0.1) is 0 Å². The number of benzene rings is 1. The molecule has 0 saturated carbocycles. The third kappa shape index (κ3) is 3.11. The van der Waals surface area contributed by atoms with E-state index in [0.717, 1.165) is 13.1 Å². The van der Waals surface area contributed by atoms with Gasteiger partial charge in [-0.15, -0.1) is 0 Å². The molecule has 0 aliphatic rings. The Kier molecular flexibility index (Phi) is 4.40. The summed E-state index contributed by atoms with van der Waals surface area (Å²) in [5.74, 6) is 0.0233. The van der Waals surface area contributed by atoms with Crippen molar-refractivity contribution in [1.82, 2.24) is 15.0 Å². The molecule has 6 nitrogen and oxygen atoms in total. The highest BCUT2D eigenvalue weighted by atomic mass is 35.5. The van der Waals surface area contributed by atoms with Crippen molar-refractivity contribution < 1.29 is 9.23 Å². The third-order valence-corrected chi connectivity index (χ3v) is 3.35. The van der Waals surface area contributed by atoms with Gasteiger partial charge in [-0.2, -0.15) is 0 Å². The van der Waals surface area contributed by atoms with Gasteiger partial charge in [-0.1, -0.05) is 17.7 Å². The Hall–Kier alpha value is -2.25. The summed E-state index contributed by atoms with van der Waals surface area (Å²) in [6.45, 7) is 0. The molecule has 0 spiro atoms. The number of pyridine rings is 1. The molecule has 0 fully saturated rings. The summed E-state index contributed by atoms with van der Waals surface area (Å²) in [5.41, 5.74) is 7.54. The van der Waals surface area contributed by atoms with Gasteiger partial charge < -0.3 is 15.0 Å². The Morgan fingerprint density at radius 3 is 2.87 bits per heavy atom. The van der Waals surface area contributed by atoms with E-state index < -0.39 is 0 Å². The molecule has 0 atom stereocenters. The molecule has 0 amide bonds. The van der Waals surface area contributed by atoms with Crippen LogP contribution in [-0.2, 0) is 4.57 Å². The predicted molar refractivity (Wildman–Crippen MR) is 90.8 cm³/mol. The fraction of sp³-hybridized carbons (Fsp3) is 0. The summed E-state index contributed by atoms with van der Waals surface area (Å²) >= 11 is 6.27. The van der Waals surface area contributed by atoms with E-state index in [-0.39, 0.29) is 17.3 Å². The summed E-state index contributed by atoms with van der Waals surface area (Å²) < 4.78 is 9.27. The molecule has 3 aromatic rings. The molecule has 0 aliphatic carbocycles. The fourth-order valence-electron chi connectivity index (χ4n) is 2.10. The Morgan fingerprint density at radius 2 is 2.09 bits per heavy atom. The Labute approximate surface area is 140 Å². The molecule has 0 bridgehead atoms. The molecule has 2 aromatic heterocycles. The second-order valence-electron chi connectivity index (χ2n) is 4.53. The van der Waals surface area contributed by atoms with Crippen LogP contribution in [0.3, 0.4) is 0 Å². The maximum atomic E-state index is 6.27. The van der Waals surface area contributed by atoms with Gasteiger partial charge in [-0.05, 0) is 18.2 Å². The van der Waals surface area contributed by atoms with E-state index in [1.54, 1.807) is 12.3 Å². The van der Waals surface area contributed by atoms with Crippen LogP contribution in [0.5, 0.6) is 5.88 Å². The zero-order chi connectivity index (χ0) is 16.4. The summed E-state index contributed by atoms with van der Waals surface area (Å²) in [4.78, 5) is 12.5. The highest BCUT2D eigenvalue weighted by Crippen LogP contribution is 2.29. The van der Waals surface area contributed by atoms with Crippen molar-refractivity contribution in [2.45, 2.75) is 0 Å². The molecule has 0 saturated heterocycles. The van der Waals surface area contributed by atoms with Gasteiger partial charge in [0.05, 0.1) is 16.2 Å². The first-order chi connectivity index (χ1) is 11.1. The molecule has 1 aromatic carbocycles. The smallest absolute Gasteiger partial charge is 0.521 e. The second kappa shape index (κ2) is 6.48. The maximum absolute atomic E-state index is 6.27. The van der Waals surface area contributed by atoms with E-state index in [2.05, 4.69) is 19.5 Å². The van der Waals surface area contributed by atoms with Gasteiger partial charge in [0.25, 0.3) is 8.05 Å². The number of hydrogen-bond donors (Lipinski definition) is 1. The average molecular weight is 319 g/mol. The van der Waals surface area contributed by atoms with Crippen LogP contribution < -0.4 is 16.0 Å². The number of nitrogens with zero attached hydrogens (tertiary/aromatic N) is 3. The number of fused-ring (bicyclic) bond motifs is 1. The van der Waals surface area contributed by atoms with E-state index in [1.807, 2.05) is 18.2 Å². The molecule has 2 N–H and O–H groups in total. The van der Waals surface area contributed by atoms with Crippen molar-refractivity contribution in [1.29, 1.82) is 0 Å². The molecule has 3 rings (SSSR count). The lowest BCUT2D eigenvalue weighted by molar-refractivity contribution is 0.470. The van der Waals surface area contributed by atoms with Crippen LogP contribution in [0.2, 0.25) is 5.02 Å². The SMILES string of the molecule is [B]O[B]Oc1nc(-c2cc(Cl)c3ncccc3c2)c([B])nc1N. The van der Waals surface area contributed by atoms with E-state index in [1.165, 1.54) is 0 Å². The highest BCUT2D eigenvalue weighted by molar-refractivity contribution is 6.36. The molecular formula is C13H7B3ClN4O2. The number of aromatic nitrogens is 3. The van der Waals surface area contributed by atoms with Crippen molar-refractivity contribution in [3.05, 3.63) is 35.5 Å². The molecular weight excluding hydrogens is 312 g/mol. The van der Waals surface area contributed by atoms with E-state index in [4.69, 9.17) is 37.9 Å². The minimum atomic E-state index is 0.00750. The third-order valence-electron chi connectivity index (χ3n) is 3.06. The maximum Gasteiger partial charge on any atom is 0.556 e. The van der Waals surface area contributed by atoms with Crippen LogP contribution >= 0.6 is 11.6 Å². The number of nitrogen functional groups attached to an aromatic ring is 1. The van der Waals surface area contributed by atoms with Gasteiger partial charge in [0, 0.05) is 22.7 Å². The summed E-state index contributed by atoms with van der Waals surface area (Å²) in [5, 5.41) is 1.31. The summed E-state index contributed by atoms with van der Waals surface area (Å²) in [7, 11) is 11.7. The lowest BCUT2D eigenvalue weighted by Gasteiger charge is -2.12. The molecule has 0 unspecified atom stereocenters. The highest BCUT2D eigenvalue weighted by Gasteiger charge is 2.14. The number of nitrogens with two attached hydrogens (primary N) is 1. The normalized spacial score (nSPS) is 10.7. The van der Waals surface area contributed by atoms with Gasteiger partial charge in [-0.3, -0.25) is 4.98 Å². The summed E-state index contributed by atoms with van der Waals surface area (Å²) in [6.07, 6.45) is 1.67. The van der Waals surface area contributed by atoms with E-state index in [9.17, 15) is 0 Å². The number of rotatable bonds is 4. The van der Waals surface area contributed by atoms with Crippen LogP contribution in [0.25, 0.3) is 22.2 Å². The summed E-state index contributed by atoms with van der Waals surface area (Å²) in [6, 6.07) is 7.23. The minimum absolute atomic E-state index is 0.00750. The van der Waals surface area contributed by atoms with Crippen LogP contribution in [0.1, 0.15) is 0 Å². The molecule has 107 valence electrons. The second-order valence-corrected chi connectivity index (χ2v) is 4.94. The quantitative estimate of drug-likeness (QED) is 0.714. The molecule has 10 heteroatoms. The van der Waals surface area contributed by atoms with Crippen molar-refractivity contribution in [2.24, 2.45) is 0 Å². The van der Waals surface area contributed by atoms with Crippen molar-refractivity contribution in [3.8, 4) is 17.1 Å². The molecule has 0 aliphatic heterocycles. The van der Waals surface area contributed by atoms with Crippen molar-refractivity contribution >= 4 is 57.5 Å². The lowest BCUT2D eigenvalue weighted by atomic mass is 9.96. The first-order valence-corrected chi connectivity index (χ1v) is 6.79. The topological polar surface area (TPSA) is 83.2 Å². The van der Waals surface area contributed by atoms with Gasteiger partial charge >= 0.3 is 7.69 Å². The number of halogens is 1. The largest absolute Gasteiger partial charge is 0.556 e. The minimum Gasteiger partial charge on any atom is -0.521 e. The molecule has 5 radical (unpaired) electrons. The van der Waals surface area contributed by atoms with Crippen molar-refractivity contribution in [3.63, 3.8) is 0 Å². The van der Waals surface area contributed by atoms with Gasteiger partial charge in [0.2, 0.25) is 5.88 Å². The first kappa shape index (κ1) is 15.6. The Bertz CT molecular complexity index is 881. The zero-order valence-electron chi connectivity index (χ0n) is 11.7. The standard InChI is InChI=1S/C13H7B3ClN4O2/c14-11-10(20-13(12(18)21-11)22-16-23-15)7-4-6-2-1-3-19-9(6)8(17)5-7/h1-5H,(H2,18,21). The Morgan fingerprint density at radius 1 is 1.26 bits per heavy atom. The molecule has 2 heterocycles. The van der Waals surface area contributed by atoms with Crippen LogP contribution in [0.15, 0.2) is 30.5 Å². The first-order valence-electron chi connectivity index (χ1n) is 6.41. The Balaban J connectivity index is 2.14. The van der Waals surface area contributed by atoms with Crippen LogP contribution in [0.4, 0.5) is 5.82 Å². The number of anilines is 1. The van der Waals surface area contributed by atoms with Crippen molar-refractivity contribution in [2.75, 3.05) is 5.73 Å². The fourth-order valence-corrected chi connectivity index (χ4v) is 2.38. The lowest BCUT2D eigenvalue weighted by Crippen LogP contribution is -2.19. The predicted octanol–water partition coefficient (Wildman–Crippen LogP) is 0.734. The number of hydrogen-bond acceptors (Lipinski definition) is 6. The monoisotopic (exact) mass is 319 g/mol. The van der Waals surface area contributed by atoms with Gasteiger partial charge in [0.15, 0.2) is 5.82 Å². The van der Waals surface area contributed by atoms with Gasteiger partial charge in [-0.25, -0.2) is 9.97 Å². The van der Waals surface area contributed by atoms with Gasteiger partial charge in [0.1, 0.15) is 7.85 Å². The van der Waals surface area contributed by atoms with E-state index >= 15 is 0 Å². The molecule has 23 heavy (non-hydrogen) atoms. The van der Waals surface area contributed by atoms with E-state index in [0.29, 0.717) is 21.8 Å².